The number of anilines is 1. The van der Waals surface area contributed by atoms with Crippen molar-refractivity contribution < 1.29 is 22.7 Å². The predicted octanol–water partition coefficient (Wildman–Crippen LogP) is 2.05. The second-order valence-corrected chi connectivity index (χ2v) is 3.80. The highest BCUT2D eigenvalue weighted by molar-refractivity contribution is 5.94. The molecule has 0 bridgehead atoms. The number of aromatic nitrogens is 2. The maximum absolute atomic E-state index is 13.2. The summed E-state index contributed by atoms with van der Waals surface area (Å²) in [5.41, 5.74) is 5.48. The quantitative estimate of drug-likeness (QED) is 0.692. The van der Waals surface area contributed by atoms with Gasteiger partial charge in [0.05, 0.1) is 18.5 Å². The van der Waals surface area contributed by atoms with Crippen molar-refractivity contribution >= 4 is 11.8 Å². The average molecular weight is 285 g/mol. The van der Waals surface area contributed by atoms with E-state index in [9.17, 15) is 18.0 Å². The summed E-state index contributed by atoms with van der Waals surface area (Å²) >= 11 is 0. The number of hydrogen-bond donors (Lipinski definition) is 1. The zero-order valence-corrected chi connectivity index (χ0v) is 10.4. The molecule has 1 aromatic carbocycles. The minimum atomic E-state index is -1.59. The smallest absolute Gasteiger partial charge is 0.343 e. The van der Waals surface area contributed by atoms with E-state index in [0.717, 1.165) is 23.0 Å². The number of benzene rings is 1. The molecule has 0 atom stereocenters. The van der Waals surface area contributed by atoms with Gasteiger partial charge in [0.1, 0.15) is 11.4 Å². The van der Waals surface area contributed by atoms with E-state index in [1.807, 2.05) is 0 Å². The fourth-order valence-corrected chi connectivity index (χ4v) is 1.59. The second kappa shape index (κ2) is 5.24. The molecule has 1 aromatic heterocycles. The molecular formula is C12H10F3N3O2. The number of nitrogens with two attached hydrogens (primary N) is 1. The molecule has 0 aliphatic rings. The average Bonchev–Trinajstić information content (AvgIpc) is 2.77. The van der Waals surface area contributed by atoms with Gasteiger partial charge >= 0.3 is 5.97 Å². The summed E-state index contributed by atoms with van der Waals surface area (Å²) in [6, 6.07) is 1.44. The molecule has 2 N–H and O–H groups in total. The van der Waals surface area contributed by atoms with Crippen molar-refractivity contribution in [2.24, 2.45) is 0 Å². The van der Waals surface area contributed by atoms with Crippen LogP contribution in [-0.4, -0.2) is 22.4 Å². The Labute approximate surface area is 111 Å². The number of carbonyl (C=O) groups is 1. The molecule has 0 aliphatic heterocycles. The lowest BCUT2D eigenvalue weighted by atomic mass is 10.2. The van der Waals surface area contributed by atoms with Gasteiger partial charge in [-0.1, -0.05) is 0 Å². The van der Waals surface area contributed by atoms with Crippen LogP contribution in [0.15, 0.2) is 18.3 Å². The van der Waals surface area contributed by atoms with E-state index in [-0.39, 0.29) is 23.7 Å². The van der Waals surface area contributed by atoms with Crippen molar-refractivity contribution in [3.8, 4) is 5.69 Å². The van der Waals surface area contributed by atoms with Crippen molar-refractivity contribution in [3.05, 3.63) is 41.3 Å². The Morgan fingerprint density at radius 2 is 1.95 bits per heavy atom. The zero-order chi connectivity index (χ0) is 14.9. The number of esters is 1. The number of ether oxygens (including phenoxy) is 1. The third-order valence-electron chi connectivity index (χ3n) is 2.51. The molecule has 0 amide bonds. The second-order valence-electron chi connectivity index (χ2n) is 3.80. The number of rotatable bonds is 3. The van der Waals surface area contributed by atoms with Gasteiger partial charge in [-0.05, 0) is 6.92 Å². The largest absolute Gasteiger partial charge is 0.462 e. The number of hydrogen-bond acceptors (Lipinski definition) is 4. The van der Waals surface area contributed by atoms with Crippen LogP contribution in [0.5, 0.6) is 0 Å². The Kier molecular flexibility index (Phi) is 3.64. The first-order valence-corrected chi connectivity index (χ1v) is 5.61. The van der Waals surface area contributed by atoms with Crippen LogP contribution in [0.4, 0.5) is 19.0 Å². The summed E-state index contributed by atoms with van der Waals surface area (Å²) in [4.78, 5) is 11.5. The van der Waals surface area contributed by atoms with E-state index in [2.05, 4.69) is 5.10 Å². The Hall–Kier alpha value is -2.51. The molecule has 0 spiro atoms. The summed E-state index contributed by atoms with van der Waals surface area (Å²) < 4.78 is 44.8. The lowest BCUT2D eigenvalue weighted by molar-refractivity contribution is 0.0527. The molecule has 0 fully saturated rings. The summed E-state index contributed by atoms with van der Waals surface area (Å²) in [6.45, 7) is 1.76. The highest BCUT2D eigenvalue weighted by atomic mass is 19.2. The Morgan fingerprint density at radius 3 is 2.50 bits per heavy atom. The summed E-state index contributed by atoms with van der Waals surface area (Å²) in [6.07, 6.45) is 1.10. The number of nitrogen functional groups attached to an aromatic ring is 1. The number of carbonyl (C=O) groups excluding carboxylic acids is 1. The third-order valence-corrected chi connectivity index (χ3v) is 2.51. The minimum absolute atomic E-state index is 0.0445. The molecule has 0 aliphatic carbocycles. The van der Waals surface area contributed by atoms with Crippen LogP contribution in [0.3, 0.4) is 0 Å². The van der Waals surface area contributed by atoms with Gasteiger partial charge in [-0.3, -0.25) is 0 Å². The first-order chi connectivity index (χ1) is 9.45. The standard InChI is InChI=1S/C12H10F3N3O2/c1-2-20-12(19)7-5-17-18(11(7)16)6-3-8(13)10(15)9(14)4-6/h3-5H,2,16H2,1H3. The lowest BCUT2D eigenvalue weighted by Crippen LogP contribution is -2.09. The normalized spacial score (nSPS) is 10.6. The zero-order valence-electron chi connectivity index (χ0n) is 10.4. The van der Waals surface area contributed by atoms with Gasteiger partial charge in [-0.25, -0.2) is 22.6 Å². The van der Waals surface area contributed by atoms with Crippen LogP contribution in [0.2, 0.25) is 0 Å². The SMILES string of the molecule is CCOC(=O)c1cnn(-c2cc(F)c(F)c(F)c2)c1N. The van der Waals surface area contributed by atoms with E-state index < -0.39 is 23.4 Å². The maximum Gasteiger partial charge on any atom is 0.343 e. The summed E-state index contributed by atoms with van der Waals surface area (Å²) in [5.74, 6) is -5.22. The van der Waals surface area contributed by atoms with Crippen LogP contribution in [-0.2, 0) is 4.74 Å². The van der Waals surface area contributed by atoms with Crippen molar-refractivity contribution in [1.82, 2.24) is 9.78 Å². The monoisotopic (exact) mass is 285 g/mol. The molecule has 8 heteroatoms. The van der Waals surface area contributed by atoms with Gasteiger partial charge in [0.2, 0.25) is 0 Å². The minimum Gasteiger partial charge on any atom is -0.462 e. The first kappa shape index (κ1) is 13.9. The van der Waals surface area contributed by atoms with Crippen LogP contribution >= 0.6 is 0 Å². The van der Waals surface area contributed by atoms with Crippen LogP contribution < -0.4 is 5.73 Å². The van der Waals surface area contributed by atoms with Gasteiger partial charge in [0.25, 0.3) is 0 Å². The van der Waals surface area contributed by atoms with E-state index in [1.165, 1.54) is 0 Å². The topological polar surface area (TPSA) is 70.1 Å². The fourth-order valence-electron chi connectivity index (χ4n) is 1.59. The lowest BCUT2D eigenvalue weighted by Gasteiger charge is -2.06. The molecule has 106 valence electrons. The highest BCUT2D eigenvalue weighted by Gasteiger charge is 2.19. The Morgan fingerprint density at radius 1 is 1.35 bits per heavy atom. The Balaban J connectivity index is 2.47. The predicted molar refractivity (Wildman–Crippen MR) is 63.8 cm³/mol. The van der Waals surface area contributed by atoms with Crippen LogP contribution in [0.25, 0.3) is 5.69 Å². The molecule has 0 saturated heterocycles. The summed E-state index contributed by atoms with van der Waals surface area (Å²) in [7, 11) is 0. The molecule has 0 saturated carbocycles. The first-order valence-electron chi connectivity index (χ1n) is 5.61. The van der Waals surface area contributed by atoms with E-state index in [0.29, 0.717) is 0 Å². The van der Waals surface area contributed by atoms with E-state index in [4.69, 9.17) is 10.5 Å². The van der Waals surface area contributed by atoms with Gasteiger partial charge in [-0.2, -0.15) is 5.10 Å². The van der Waals surface area contributed by atoms with Crippen molar-refractivity contribution in [2.45, 2.75) is 6.92 Å². The van der Waals surface area contributed by atoms with Crippen molar-refractivity contribution in [1.29, 1.82) is 0 Å². The third kappa shape index (κ3) is 2.31. The van der Waals surface area contributed by atoms with Gasteiger partial charge < -0.3 is 10.5 Å². The molecule has 0 radical (unpaired) electrons. The van der Waals surface area contributed by atoms with Crippen LogP contribution in [0.1, 0.15) is 17.3 Å². The molecular weight excluding hydrogens is 275 g/mol. The molecule has 0 unspecified atom stereocenters. The van der Waals surface area contributed by atoms with Gasteiger partial charge in [0, 0.05) is 12.1 Å². The van der Waals surface area contributed by atoms with Gasteiger partial charge in [-0.15, -0.1) is 0 Å². The van der Waals surface area contributed by atoms with Crippen molar-refractivity contribution in [3.63, 3.8) is 0 Å². The number of halogens is 3. The Bertz CT molecular complexity index is 647. The van der Waals surface area contributed by atoms with E-state index in [1.54, 1.807) is 6.92 Å². The summed E-state index contributed by atoms with van der Waals surface area (Å²) in [5, 5.41) is 3.74. The van der Waals surface area contributed by atoms with E-state index >= 15 is 0 Å². The van der Waals surface area contributed by atoms with Gasteiger partial charge in [0.15, 0.2) is 17.5 Å². The molecule has 5 nitrogen and oxygen atoms in total. The number of nitrogens with zero attached hydrogens (tertiary/aromatic N) is 2. The van der Waals surface area contributed by atoms with Crippen LogP contribution in [0, 0.1) is 17.5 Å². The molecule has 20 heavy (non-hydrogen) atoms. The fraction of sp³-hybridized carbons (Fsp3) is 0.167. The molecule has 1 heterocycles. The van der Waals surface area contributed by atoms with Crippen molar-refractivity contribution in [2.75, 3.05) is 12.3 Å². The maximum atomic E-state index is 13.2. The highest BCUT2D eigenvalue weighted by Crippen LogP contribution is 2.21. The molecule has 2 aromatic rings. The molecule has 2 rings (SSSR count).